The first-order valence-electron chi connectivity index (χ1n) is 13.4. The molecule has 1 atom stereocenters. The largest absolute Gasteiger partial charge is 0.496 e. The molecule has 0 bridgehead atoms. The van der Waals surface area contributed by atoms with Crippen molar-refractivity contribution in [3.63, 3.8) is 0 Å². The monoisotopic (exact) mass is 563 g/mol. The van der Waals surface area contributed by atoms with E-state index in [0.29, 0.717) is 59.6 Å². The molecule has 9 heteroatoms. The number of hydrogen-bond acceptors (Lipinski definition) is 4. The number of hydrogen-bond donors (Lipinski definition) is 1. The van der Waals surface area contributed by atoms with Gasteiger partial charge < -0.3 is 19.9 Å². The Bertz CT molecular complexity index is 1390. The first kappa shape index (κ1) is 27.6. The molecule has 0 unspecified atom stereocenters. The van der Waals surface area contributed by atoms with Crippen LogP contribution in [0.15, 0.2) is 66.7 Å². The van der Waals surface area contributed by atoms with Crippen molar-refractivity contribution in [2.45, 2.75) is 37.6 Å². The summed E-state index contributed by atoms with van der Waals surface area (Å²) >= 11 is 6.31. The van der Waals surface area contributed by atoms with Crippen molar-refractivity contribution >= 4 is 35.0 Å². The summed E-state index contributed by atoms with van der Waals surface area (Å²) in [6.07, 6.45) is 2.93. The summed E-state index contributed by atoms with van der Waals surface area (Å²) in [4.78, 5) is 42.5. The number of ether oxygens (including phenoxy) is 1. The molecule has 3 aromatic carbocycles. The highest BCUT2D eigenvalue weighted by atomic mass is 35.5. The molecule has 1 N–H and O–H groups in total. The minimum absolute atomic E-state index is 0.127. The maximum absolute atomic E-state index is 13.3. The molecule has 2 saturated heterocycles. The fraction of sp³-hybridized carbons (Fsp3) is 0.323. The maximum Gasteiger partial charge on any atom is 0.259 e. The van der Waals surface area contributed by atoms with Crippen molar-refractivity contribution in [1.29, 1.82) is 0 Å². The minimum atomic E-state index is -0.573. The van der Waals surface area contributed by atoms with Crippen molar-refractivity contribution in [2.24, 2.45) is 0 Å². The molecule has 0 aliphatic carbocycles. The van der Waals surface area contributed by atoms with Gasteiger partial charge in [0.05, 0.1) is 12.1 Å². The predicted octanol–water partition coefficient (Wildman–Crippen LogP) is 5.75. The van der Waals surface area contributed by atoms with Gasteiger partial charge in [0, 0.05) is 30.9 Å². The Morgan fingerprint density at radius 2 is 1.60 bits per heavy atom. The summed E-state index contributed by atoms with van der Waals surface area (Å²) in [6, 6.07) is 17.8. The second kappa shape index (κ2) is 12.1. The Hall–Kier alpha value is -3.91. The summed E-state index contributed by atoms with van der Waals surface area (Å²) in [5, 5.41) is 3.32. The molecule has 3 aromatic rings. The summed E-state index contributed by atoms with van der Waals surface area (Å²) in [5.74, 6) is -0.280. The second-order valence-electron chi connectivity index (χ2n) is 10.2. The van der Waals surface area contributed by atoms with Crippen LogP contribution in [-0.2, 0) is 4.79 Å². The third kappa shape index (κ3) is 5.82. The van der Waals surface area contributed by atoms with Gasteiger partial charge in [-0.05, 0) is 85.7 Å². The van der Waals surface area contributed by atoms with Crippen LogP contribution >= 0.6 is 11.6 Å². The Kier molecular flexibility index (Phi) is 8.35. The molecule has 40 heavy (non-hydrogen) atoms. The van der Waals surface area contributed by atoms with E-state index in [0.717, 1.165) is 24.8 Å². The third-order valence-electron chi connectivity index (χ3n) is 7.75. The smallest absolute Gasteiger partial charge is 0.259 e. The number of nitrogens with zero attached hydrogens (tertiary/aromatic N) is 2. The van der Waals surface area contributed by atoms with Crippen molar-refractivity contribution in [3.05, 3.63) is 94.3 Å². The quantitative estimate of drug-likeness (QED) is 0.414. The molecular weight excluding hydrogens is 533 g/mol. The highest BCUT2D eigenvalue weighted by Crippen LogP contribution is 2.33. The van der Waals surface area contributed by atoms with Crippen molar-refractivity contribution in [3.8, 4) is 5.75 Å². The number of rotatable bonds is 6. The van der Waals surface area contributed by atoms with E-state index >= 15 is 0 Å². The molecule has 5 rings (SSSR count). The SMILES string of the molecule is COc1cccc(Cl)c1C(=O)N1CCC(c2ccc(NC(=O)[C@@H]3CCCN3C(=O)c3ccc(F)cc3)cc2)CC1. The lowest BCUT2D eigenvalue weighted by atomic mass is 9.89. The predicted molar refractivity (Wildman–Crippen MR) is 151 cm³/mol. The van der Waals surface area contributed by atoms with E-state index in [1.807, 2.05) is 29.2 Å². The normalized spacial score (nSPS) is 17.5. The standard InChI is InChI=1S/C31H31ClFN3O4/c1-40-27-6-2-4-25(32)28(27)31(39)35-18-15-21(16-19-35)20-9-13-24(14-10-20)34-29(37)26-5-3-17-36(26)30(38)22-7-11-23(33)12-8-22/h2,4,6-14,21,26H,3,5,15-19H2,1H3,(H,34,37)/t26-/m0/s1. The fourth-order valence-corrected chi connectivity index (χ4v) is 5.81. The molecule has 2 aliphatic rings. The van der Waals surface area contributed by atoms with Crippen molar-refractivity contribution < 1.29 is 23.5 Å². The Morgan fingerprint density at radius 3 is 2.27 bits per heavy atom. The van der Waals surface area contributed by atoms with E-state index < -0.39 is 11.9 Å². The van der Waals surface area contributed by atoms with Gasteiger partial charge >= 0.3 is 0 Å². The van der Waals surface area contributed by atoms with Gasteiger partial charge in [-0.15, -0.1) is 0 Å². The van der Waals surface area contributed by atoms with E-state index in [1.54, 1.807) is 23.1 Å². The summed E-state index contributed by atoms with van der Waals surface area (Å²) in [5.41, 5.74) is 2.57. The van der Waals surface area contributed by atoms with Gasteiger partial charge in [0.2, 0.25) is 5.91 Å². The molecule has 2 fully saturated rings. The van der Waals surface area contributed by atoms with Crippen LogP contribution in [0.4, 0.5) is 10.1 Å². The van der Waals surface area contributed by atoms with Crippen molar-refractivity contribution in [1.82, 2.24) is 9.80 Å². The number of amides is 3. The average Bonchev–Trinajstić information content (AvgIpc) is 3.48. The Morgan fingerprint density at radius 1 is 0.900 bits per heavy atom. The Labute approximate surface area is 237 Å². The number of benzene rings is 3. The molecular formula is C31H31ClFN3O4. The van der Waals surface area contributed by atoms with E-state index in [4.69, 9.17) is 16.3 Å². The van der Waals surface area contributed by atoms with Crippen LogP contribution in [0.3, 0.4) is 0 Å². The topological polar surface area (TPSA) is 79.0 Å². The van der Waals surface area contributed by atoms with Gasteiger partial charge in [-0.3, -0.25) is 14.4 Å². The van der Waals surface area contributed by atoms with Crippen LogP contribution in [0.5, 0.6) is 5.75 Å². The van der Waals surface area contributed by atoms with E-state index in [1.165, 1.54) is 31.4 Å². The Balaban J connectivity index is 1.17. The van der Waals surface area contributed by atoms with E-state index in [9.17, 15) is 18.8 Å². The second-order valence-corrected chi connectivity index (χ2v) is 10.6. The lowest BCUT2D eigenvalue weighted by Crippen LogP contribution is -2.43. The molecule has 7 nitrogen and oxygen atoms in total. The first-order chi connectivity index (χ1) is 19.4. The lowest BCUT2D eigenvalue weighted by Gasteiger charge is -2.33. The van der Waals surface area contributed by atoms with Crippen LogP contribution < -0.4 is 10.1 Å². The van der Waals surface area contributed by atoms with Crippen LogP contribution in [0.2, 0.25) is 5.02 Å². The first-order valence-corrected chi connectivity index (χ1v) is 13.8. The van der Waals surface area contributed by atoms with Gasteiger partial charge in [-0.2, -0.15) is 0 Å². The van der Waals surface area contributed by atoms with Crippen LogP contribution in [0, 0.1) is 5.82 Å². The molecule has 0 radical (unpaired) electrons. The molecule has 0 aromatic heterocycles. The summed E-state index contributed by atoms with van der Waals surface area (Å²) in [6.45, 7) is 1.70. The zero-order valence-electron chi connectivity index (χ0n) is 22.2. The lowest BCUT2D eigenvalue weighted by molar-refractivity contribution is -0.119. The zero-order chi connectivity index (χ0) is 28.2. The fourth-order valence-electron chi connectivity index (χ4n) is 5.56. The number of carbonyl (C=O) groups excluding carboxylic acids is 3. The molecule has 0 saturated carbocycles. The van der Waals surface area contributed by atoms with Gasteiger partial charge in [-0.1, -0.05) is 29.8 Å². The number of piperidine rings is 1. The third-order valence-corrected chi connectivity index (χ3v) is 8.06. The minimum Gasteiger partial charge on any atom is -0.496 e. The highest BCUT2D eigenvalue weighted by Gasteiger charge is 2.35. The van der Waals surface area contributed by atoms with Crippen LogP contribution in [0.1, 0.15) is 57.9 Å². The number of carbonyl (C=O) groups is 3. The van der Waals surface area contributed by atoms with Crippen molar-refractivity contribution in [2.75, 3.05) is 32.1 Å². The maximum atomic E-state index is 13.3. The van der Waals surface area contributed by atoms with E-state index in [2.05, 4.69) is 5.32 Å². The summed E-state index contributed by atoms with van der Waals surface area (Å²) in [7, 11) is 1.53. The number of methoxy groups -OCH3 is 1. The van der Waals surface area contributed by atoms with Crippen LogP contribution in [-0.4, -0.2) is 60.3 Å². The van der Waals surface area contributed by atoms with Gasteiger partial charge in [0.15, 0.2) is 0 Å². The molecule has 2 heterocycles. The highest BCUT2D eigenvalue weighted by molar-refractivity contribution is 6.34. The van der Waals surface area contributed by atoms with Crippen LogP contribution in [0.25, 0.3) is 0 Å². The molecule has 0 spiro atoms. The van der Waals surface area contributed by atoms with Gasteiger partial charge in [-0.25, -0.2) is 4.39 Å². The number of halogens is 2. The van der Waals surface area contributed by atoms with Gasteiger partial charge in [0.1, 0.15) is 23.2 Å². The number of nitrogens with one attached hydrogen (secondary N) is 1. The summed E-state index contributed by atoms with van der Waals surface area (Å²) < 4.78 is 18.6. The number of anilines is 1. The molecule has 2 aliphatic heterocycles. The molecule has 3 amide bonds. The van der Waals surface area contributed by atoms with Gasteiger partial charge in [0.25, 0.3) is 11.8 Å². The molecule has 208 valence electrons. The zero-order valence-corrected chi connectivity index (χ0v) is 23.0. The average molecular weight is 564 g/mol. The number of likely N-dealkylation sites (tertiary alicyclic amines) is 2. The van der Waals surface area contributed by atoms with E-state index in [-0.39, 0.29) is 17.7 Å².